The average Bonchev–Trinajstić information content (AvgIpc) is 2.64. The second-order valence-corrected chi connectivity index (χ2v) is 6.82. The van der Waals surface area contributed by atoms with Gasteiger partial charge in [0.2, 0.25) is 11.7 Å². The molecule has 1 N–H and O–H groups in total. The summed E-state index contributed by atoms with van der Waals surface area (Å²) in [4.78, 5) is 19.3. The van der Waals surface area contributed by atoms with Gasteiger partial charge in [0.1, 0.15) is 5.03 Å². The van der Waals surface area contributed by atoms with Gasteiger partial charge < -0.3 is 5.32 Å². The Morgan fingerprint density at radius 1 is 1.07 bits per heavy atom. The quantitative estimate of drug-likeness (QED) is 0.519. The lowest BCUT2D eigenvalue weighted by molar-refractivity contribution is -0.145. The van der Waals surface area contributed by atoms with Crippen molar-refractivity contribution in [2.75, 3.05) is 5.75 Å². The van der Waals surface area contributed by atoms with Gasteiger partial charge in [-0.25, -0.2) is 9.97 Å². The van der Waals surface area contributed by atoms with Gasteiger partial charge in [0.05, 0.1) is 11.3 Å². The van der Waals surface area contributed by atoms with Crippen LogP contribution >= 0.6 is 11.8 Å². The first-order chi connectivity index (χ1) is 12.8. The molecule has 0 aliphatic heterocycles. The van der Waals surface area contributed by atoms with E-state index in [9.17, 15) is 18.0 Å². The Balaban J connectivity index is 1.72. The molecule has 0 saturated heterocycles. The predicted molar refractivity (Wildman–Crippen MR) is 98.3 cm³/mol. The number of para-hydroxylation sites is 1. The molecule has 0 bridgehead atoms. The largest absolute Gasteiger partial charge is 0.451 e. The molecule has 0 atom stereocenters. The number of amides is 1. The molecule has 27 heavy (non-hydrogen) atoms. The minimum Gasteiger partial charge on any atom is -0.351 e. The monoisotopic (exact) mass is 391 g/mol. The Bertz CT molecular complexity index is 976. The first-order valence-corrected chi connectivity index (χ1v) is 9.11. The van der Waals surface area contributed by atoms with Crippen LogP contribution in [-0.4, -0.2) is 21.6 Å². The number of alkyl halides is 3. The number of thioether (sulfide) groups is 1. The van der Waals surface area contributed by atoms with Crippen molar-refractivity contribution in [1.29, 1.82) is 0 Å². The number of aryl methyl sites for hydroxylation is 1. The Kier molecular flexibility index (Phi) is 5.65. The van der Waals surface area contributed by atoms with Crippen LogP contribution in [0.3, 0.4) is 0 Å². The van der Waals surface area contributed by atoms with Gasteiger partial charge >= 0.3 is 6.18 Å². The summed E-state index contributed by atoms with van der Waals surface area (Å²) in [5, 5.41) is 3.40. The Morgan fingerprint density at radius 2 is 1.78 bits per heavy atom. The van der Waals surface area contributed by atoms with Crippen LogP contribution in [0.5, 0.6) is 0 Å². The SMILES string of the molecule is Cc1ccccc1CNC(=O)CSc1nc(C(F)(F)F)nc2ccccc12. The summed E-state index contributed by atoms with van der Waals surface area (Å²) >= 11 is 0.964. The zero-order chi connectivity index (χ0) is 19.4. The third-order valence-electron chi connectivity index (χ3n) is 3.90. The van der Waals surface area contributed by atoms with Gasteiger partial charge in [-0.05, 0) is 24.1 Å². The maximum absolute atomic E-state index is 13.0. The number of halogens is 3. The van der Waals surface area contributed by atoms with Crippen LogP contribution in [0.25, 0.3) is 10.9 Å². The molecule has 1 heterocycles. The number of carbonyl (C=O) groups is 1. The van der Waals surface area contributed by atoms with Crippen molar-refractivity contribution in [1.82, 2.24) is 15.3 Å². The molecular weight excluding hydrogens is 375 g/mol. The number of aromatic nitrogens is 2. The van der Waals surface area contributed by atoms with Crippen molar-refractivity contribution in [3.63, 3.8) is 0 Å². The minimum atomic E-state index is -4.65. The molecule has 1 aromatic heterocycles. The zero-order valence-corrected chi connectivity index (χ0v) is 15.2. The molecule has 3 rings (SSSR count). The third kappa shape index (κ3) is 4.77. The van der Waals surface area contributed by atoms with E-state index in [1.165, 1.54) is 6.07 Å². The minimum absolute atomic E-state index is 0.0375. The molecule has 0 spiro atoms. The fourth-order valence-electron chi connectivity index (χ4n) is 2.47. The summed E-state index contributed by atoms with van der Waals surface area (Å²) in [7, 11) is 0. The topological polar surface area (TPSA) is 54.9 Å². The molecule has 0 aliphatic carbocycles. The van der Waals surface area contributed by atoms with E-state index in [1.54, 1.807) is 18.2 Å². The van der Waals surface area contributed by atoms with Crippen molar-refractivity contribution in [3.8, 4) is 0 Å². The fourth-order valence-corrected chi connectivity index (χ4v) is 3.32. The summed E-state index contributed by atoms with van der Waals surface area (Å²) in [6, 6.07) is 14.1. The van der Waals surface area contributed by atoms with Gasteiger partial charge in [0.25, 0.3) is 0 Å². The lowest BCUT2D eigenvalue weighted by Crippen LogP contribution is -2.25. The molecule has 0 saturated carbocycles. The summed E-state index contributed by atoms with van der Waals surface area (Å²) in [5.41, 5.74) is 2.24. The number of rotatable bonds is 5. The lowest BCUT2D eigenvalue weighted by Gasteiger charge is -2.11. The first kappa shape index (κ1) is 19.2. The number of carbonyl (C=O) groups excluding carboxylic acids is 1. The van der Waals surface area contributed by atoms with E-state index in [0.717, 1.165) is 22.9 Å². The molecule has 2 aromatic carbocycles. The lowest BCUT2D eigenvalue weighted by atomic mass is 10.1. The summed E-state index contributed by atoms with van der Waals surface area (Å²) < 4.78 is 39.1. The van der Waals surface area contributed by atoms with Crippen molar-refractivity contribution >= 4 is 28.6 Å². The second-order valence-electron chi connectivity index (χ2n) is 5.86. The van der Waals surface area contributed by atoms with E-state index < -0.39 is 12.0 Å². The highest BCUT2D eigenvalue weighted by atomic mass is 32.2. The third-order valence-corrected chi connectivity index (χ3v) is 4.89. The van der Waals surface area contributed by atoms with E-state index >= 15 is 0 Å². The molecule has 1 amide bonds. The van der Waals surface area contributed by atoms with E-state index in [2.05, 4.69) is 15.3 Å². The van der Waals surface area contributed by atoms with Crippen LogP contribution in [0.2, 0.25) is 0 Å². The van der Waals surface area contributed by atoms with E-state index in [0.29, 0.717) is 11.9 Å². The average molecular weight is 391 g/mol. The summed E-state index contributed by atoms with van der Waals surface area (Å²) in [5.74, 6) is -1.52. The number of benzene rings is 2. The maximum atomic E-state index is 13.0. The number of nitrogens with zero attached hydrogens (tertiary/aromatic N) is 2. The summed E-state index contributed by atoms with van der Waals surface area (Å²) in [6.07, 6.45) is -4.65. The highest BCUT2D eigenvalue weighted by Gasteiger charge is 2.35. The van der Waals surface area contributed by atoms with Gasteiger partial charge in [-0.3, -0.25) is 4.79 Å². The van der Waals surface area contributed by atoms with Crippen LogP contribution in [0.1, 0.15) is 17.0 Å². The van der Waals surface area contributed by atoms with E-state index in [1.807, 2.05) is 31.2 Å². The van der Waals surface area contributed by atoms with Crippen LogP contribution in [0.15, 0.2) is 53.6 Å². The highest BCUT2D eigenvalue weighted by Crippen LogP contribution is 2.31. The normalized spacial score (nSPS) is 11.6. The number of nitrogens with one attached hydrogen (secondary N) is 1. The van der Waals surface area contributed by atoms with Crippen LogP contribution in [-0.2, 0) is 17.5 Å². The van der Waals surface area contributed by atoms with Crippen LogP contribution in [0, 0.1) is 6.92 Å². The molecule has 8 heteroatoms. The van der Waals surface area contributed by atoms with Crippen molar-refractivity contribution < 1.29 is 18.0 Å². The summed E-state index contributed by atoms with van der Waals surface area (Å²) in [6.45, 7) is 2.31. The van der Waals surface area contributed by atoms with E-state index in [4.69, 9.17) is 0 Å². The van der Waals surface area contributed by atoms with Gasteiger partial charge in [-0.15, -0.1) is 0 Å². The van der Waals surface area contributed by atoms with Crippen molar-refractivity contribution in [3.05, 3.63) is 65.5 Å². The zero-order valence-electron chi connectivity index (χ0n) is 14.4. The molecule has 0 aliphatic rings. The molecule has 0 unspecified atom stereocenters. The number of hydrogen-bond donors (Lipinski definition) is 1. The van der Waals surface area contributed by atoms with Gasteiger partial charge in [0, 0.05) is 11.9 Å². The highest BCUT2D eigenvalue weighted by molar-refractivity contribution is 8.00. The standard InChI is InChI=1S/C19H16F3N3OS/c1-12-6-2-3-7-13(12)10-23-16(26)11-27-17-14-8-4-5-9-15(14)24-18(25-17)19(20,21)22/h2-9H,10-11H2,1H3,(H,23,26). The predicted octanol–water partition coefficient (Wildman–Crippen LogP) is 4.37. The number of fused-ring (bicyclic) bond motifs is 1. The first-order valence-electron chi connectivity index (χ1n) is 8.12. The fraction of sp³-hybridized carbons (Fsp3) is 0.211. The molecule has 3 aromatic rings. The molecule has 0 radical (unpaired) electrons. The Hall–Kier alpha value is -2.61. The van der Waals surface area contributed by atoms with E-state index in [-0.39, 0.29) is 22.2 Å². The molecule has 4 nitrogen and oxygen atoms in total. The van der Waals surface area contributed by atoms with Gasteiger partial charge in [-0.2, -0.15) is 13.2 Å². The molecule has 140 valence electrons. The smallest absolute Gasteiger partial charge is 0.351 e. The number of hydrogen-bond acceptors (Lipinski definition) is 4. The Morgan fingerprint density at radius 3 is 2.52 bits per heavy atom. The van der Waals surface area contributed by atoms with Crippen LogP contribution < -0.4 is 5.32 Å². The molecular formula is C19H16F3N3OS. The van der Waals surface area contributed by atoms with Gasteiger partial charge in [-0.1, -0.05) is 54.2 Å². The van der Waals surface area contributed by atoms with Crippen molar-refractivity contribution in [2.24, 2.45) is 0 Å². The Labute approximate surface area is 158 Å². The molecule has 0 fully saturated rings. The second kappa shape index (κ2) is 7.96. The van der Waals surface area contributed by atoms with Crippen LogP contribution in [0.4, 0.5) is 13.2 Å². The maximum Gasteiger partial charge on any atom is 0.451 e. The van der Waals surface area contributed by atoms with Gasteiger partial charge in [0.15, 0.2) is 0 Å². The van der Waals surface area contributed by atoms with Crippen molar-refractivity contribution in [2.45, 2.75) is 24.7 Å².